The minimum atomic E-state index is -0.465. The van der Waals surface area contributed by atoms with Gasteiger partial charge in [0.15, 0.2) is 5.76 Å². The number of carbonyl (C=O) groups is 1. The molecule has 0 spiro atoms. The van der Waals surface area contributed by atoms with Gasteiger partial charge in [-0.25, -0.2) is 0 Å². The molecule has 3 atom stereocenters. The van der Waals surface area contributed by atoms with E-state index in [1.807, 2.05) is 18.4 Å². The first-order chi connectivity index (χ1) is 12.2. The Morgan fingerprint density at radius 1 is 1.48 bits per heavy atom. The third kappa shape index (κ3) is 4.84. The normalized spacial score (nSPS) is 26.0. The number of hydrogen-bond acceptors (Lipinski definition) is 5. The maximum atomic E-state index is 12.5. The number of aliphatic hydroxyl groups is 1. The zero-order valence-electron chi connectivity index (χ0n) is 14.6. The zero-order valence-corrected chi connectivity index (χ0v) is 15.5. The molecule has 1 aliphatic heterocycles. The van der Waals surface area contributed by atoms with Gasteiger partial charge in [-0.1, -0.05) is 0 Å². The Labute approximate surface area is 153 Å². The fourth-order valence-electron chi connectivity index (χ4n) is 3.26. The quantitative estimate of drug-likeness (QED) is 0.706. The molecular weight excluding hydrogens is 338 g/mol. The Balaban J connectivity index is 1.80. The van der Waals surface area contributed by atoms with Crippen LogP contribution in [-0.2, 0) is 14.3 Å². The molecule has 2 N–H and O–H groups in total. The Morgan fingerprint density at radius 3 is 2.96 bits per heavy atom. The average Bonchev–Trinajstić information content (AvgIpc) is 3.29. The summed E-state index contributed by atoms with van der Waals surface area (Å²) in [4.78, 5) is 12.5. The number of rotatable bonds is 9. The maximum Gasteiger partial charge on any atom is 0.286 e. The molecule has 0 saturated heterocycles. The van der Waals surface area contributed by atoms with E-state index in [2.05, 4.69) is 16.8 Å². The minimum Gasteiger partial charge on any atom is -0.459 e. The van der Waals surface area contributed by atoms with E-state index in [4.69, 9.17) is 9.47 Å². The second kappa shape index (κ2) is 8.83. The van der Waals surface area contributed by atoms with E-state index >= 15 is 0 Å². The second-order valence-corrected chi connectivity index (χ2v) is 7.52. The molecule has 2 aliphatic rings. The van der Waals surface area contributed by atoms with Gasteiger partial charge in [0.1, 0.15) is 0 Å². The van der Waals surface area contributed by atoms with E-state index in [0.29, 0.717) is 24.7 Å². The predicted octanol–water partition coefficient (Wildman–Crippen LogP) is 3.02. The van der Waals surface area contributed by atoms with Gasteiger partial charge in [0.05, 0.1) is 0 Å². The van der Waals surface area contributed by atoms with E-state index in [1.54, 1.807) is 11.3 Å². The highest BCUT2D eigenvalue weighted by atomic mass is 32.1. The van der Waals surface area contributed by atoms with Crippen LogP contribution < -0.4 is 5.32 Å². The number of amides is 1. The monoisotopic (exact) mass is 365 g/mol. The first kappa shape index (κ1) is 18.4. The lowest BCUT2D eigenvalue weighted by Crippen LogP contribution is -2.39. The van der Waals surface area contributed by atoms with Crippen LogP contribution in [0.25, 0.3) is 0 Å². The Bertz CT molecular complexity index is 582. The molecule has 6 heteroatoms. The van der Waals surface area contributed by atoms with Gasteiger partial charge in [-0.2, -0.15) is 11.3 Å². The number of allylic oxidation sites excluding steroid dienone is 1. The third-order valence-electron chi connectivity index (χ3n) is 4.81. The second-order valence-electron chi connectivity index (χ2n) is 6.74. The molecule has 0 bridgehead atoms. The molecule has 1 aliphatic carbocycles. The summed E-state index contributed by atoms with van der Waals surface area (Å²) in [5.74, 6) is 0.972. The van der Waals surface area contributed by atoms with Crippen LogP contribution in [0.2, 0.25) is 0 Å². The summed E-state index contributed by atoms with van der Waals surface area (Å²) in [5.41, 5.74) is 1.17. The molecule has 1 amide bonds. The number of nitrogens with one attached hydrogen (secondary N) is 1. The van der Waals surface area contributed by atoms with Crippen LogP contribution in [0.1, 0.15) is 44.1 Å². The molecule has 0 radical (unpaired) electrons. The zero-order chi connectivity index (χ0) is 17.6. The summed E-state index contributed by atoms with van der Waals surface area (Å²) in [6.07, 6.45) is 5.34. The molecular formula is C19H27NO4S. The first-order valence-corrected chi connectivity index (χ1v) is 10.1. The van der Waals surface area contributed by atoms with Crippen LogP contribution in [0.5, 0.6) is 0 Å². The van der Waals surface area contributed by atoms with Crippen molar-refractivity contribution in [1.82, 2.24) is 5.32 Å². The molecule has 1 aromatic rings. The van der Waals surface area contributed by atoms with Gasteiger partial charge < -0.3 is 19.9 Å². The lowest BCUT2D eigenvalue weighted by molar-refractivity contribution is -0.166. The van der Waals surface area contributed by atoms with E-state index in [-0.39, 0.29) is 24.3 Å². The number of hydrogen-bond donors (Lipinski definition) is 2. The Morgan fingerprint density at radius 2 is 2.32 bits per heavy atom. The highest BCUT2D eigenvalue weighted by Gasteiger charge is 2.38. The van der Waals surface area contributed by atoms with Gasteiger partial charge in [-0.15, -0.1) is 0 Å². The van der Waals surface area contributed by atoms with Gasteiger partial charge in [0.25, 0.3) is 5.91 Å². The molecule has 0 aromatic carbocycles. The molecule has 3 unspecified atom stereocenters. The van der Waals surface area contributed by atoms with E-state index in [9.17, 15) is 9.90 Å². The van der Waals surface area contributed by atoms with Gasteiger partial charge in [-0.3, -0.25) is 4.79 Å². The molecule has 5 nitrogen and oxygen atoms in total. The summed E-state index contributed by atoms with van der Waals surface area (Å²) in [5, 5.41) is 16.4. The maximum absolute atomic E-state index is 12.5. The number of thiophene rings is 1. The average molecular weight is 365 g/mol. The molecule has 1 aromatic heterocycles. The number of carbonyl (C=O) groups excluding carboxylic acids is 1. The van der Waals surface area contributed by atoms with Gasteiger partial charge in [0, 0.05) is 31.6 Å². The van der Waals surface area contributed by atoms with Crippen LogP contribution >= 0.6 is 11.3 Å². The van der Waals surface area contributed by atoms with E-state index in [0.717, 1.165) is 13.0 Å². The molecule has 2 heterocycles. The summed E-state index contributed by atoms with van der Waals surface area (Å²) < 4.78 is 11.7. The Hall–Kier alpha value is -1.37. The van der Waals surface area contributed by atoms with Gasteiger partial charge >= 0.3 is 0 Å². The molecule has 3 rings (SSSR count). The standard InChI is InChI=1S/C19H27NO4S/c1-2-23-19-15(4-3-8-21)16(14-7-9-25-12-14)10-17(24-19)18(22)20-11-13-5-6-13/h7,9-10,12-13,15-16,19,21H,2-6,8,11H2,1H3,(H,20,22). The lowest BCUT2D eigenvalue weighted by Gasteiger charge is -2.36. The topological polar surface area (TPSA) is 67.8 Å². The molecule has 138 valence electrons. The third-order valence-corrected chi connectivity index (χ3v) is 5.51. The largest absolute Gasteiger partial charge is 0.459 e. The SMILES string of the molecule is CCOC1OC(C(=O)NCC2CC2)=CC(c2ccsc2)C1CCCO. The van der Waals surface area contributed by atoms with Crippen molar-refractivity contribution in [2.45, 2.75) is 44.8 Å². The van der Waals surface area contributed by atoms with Crippen molar-refractivity contribution >= 4 is 17.2 Å². The summed E-state index contributed by atoms with van der Waals surface area (Å²) >= 11 is 1.64. The predicted molar refractivity (Wildman–Crippen MR) is 97.2 cm³/mol. The van der Waals surface area contributed by atoms with Crippen molar-refractivity contribution in [2.24, 2.45) is 11.8 Å². The van der Waals surface area contributed by atoms with Crippen LogP contribution in [0, 0.1) is 11.8 Å². The number of aliphatic hydroxyl groups excluding tert-OH is 1. The summed E-state index contributed by atoms with van der Waals surface area (Å²) in [7, 11) is 0. The van der Waals surface area contributed by atoms with E-state index < -0.39 is 6.29 Å². The molecule has 1 fully saturated rings. The van der Waals surface area contributed by atoms with Gasteiger partial charge in [-0.05, 0) is 67.0 Å². The minimum absolute atomic E-state index is 0.0600. The van der Waals surface area contributed by atoms with E-state index in [1.165, 1.54) is 18.4 Å². The highest BCUT2D eigenvalue weighted by Crippen LogP contribution is 2.40. The van der Waals surface area contributed by atoms with Crippen LogP contribution in [0.3, 0.4) is 0 Å². The first-order valence-electron chi connectivity index (χ1n) is 9.14. The van der Waals surface area contributed by atoms with Crippen LogP contribution in [0.4, 0.5) is 0 Å². The Kier molecular flexibility index (Phi) is 6.51. The molecule has 1 saturated carbocycles. The van der Waals surface area contributed by atoms with Crippen molar-refractivity contribution in [2.75, 3.05) is 19.8 Å². The molecule has 25 heavy (non-hydrogen) atoms. The highest BCUT2D eigenvalue weighted by molar-refractivity contribution is 7.08. The van der Waals surface area contributed by atoms with Crippen molar-refractivity contribution in [3.8, 4) is 0 Å². The van der Waals surface area contributed by atoms with Crippen LogP contribution in [0.15, 0.2) is 28.7 Å². The fraction of sp³-hybridized carbons (Fsp3) is 0.632. The van der Waals surface area contributed by atoms with Crippen molar-refractivity contribution in [1.29, 1.82) is 0 Å². The van der Waals surface area contributed by atoms with Crippen molar-refractivity contribution in [3.63, 3.8) is 0 Å². The summed E-state index contributed by atoms with van der Waals surface area (Å²) in [6, 6.07) is 2.09. The number of ether oxygens (including phenoxy) is 2. The smallest absolute Gasteiger partial charge is 0.286 e. The summed E-state index contributed by atoms with van der Waals surface area (Å²) in [6.45, 7) is 3.31. The van der Waals surface area contributed by atoms with Crippen LogP contribution in [-0.4, -0.2) is 37.1 Å². The lowest BCUT2D eigenvalue weighted by atomic mass is 9.81. The van der Waals surface area contributed by atoms with Crippen molar-refractivity contribution < 1.29 is 19.4 Å². The fourth-order valence-corrected chi connectivity index (χ4v) is 3.96. The van der Waals surface area contributed by atoms with Crippen molar-refractivity contribution in [3.05, 3.63) is 34.2 Å². The van der Waals surface area contributed by atoms with Gasteiger partial charge in [0.2, 0.25) is 6.29 Å².